The fourth-order valence-electron chi connectivity index (χ4n) is 1.14. The highest BCUT2D eigenvalue weighted by Crippen LogP contribution is 2.24. The maximum absolute atomic E-state index is 12.0. The van der Waals surface area contributed by atoms with Crippen molar-refractivity contribution in [1.29, 1.82) is 0 Å². The molecule has 0 aromatic carbocycles. The van der Waals surface area contributed by atoms with E-state index >= 15 is 0 Å². The van der Waals surface area contributed by atoms with Crippen LogP contribution in [0.25, 0.3) is 0 Å². The van der Waals surface area contributed by atoms with Crippen molar-refractivity contribution in [2.24, 2.45) is 10.9 Å². The molecule has 5 nitrogen and oxygen atoms in total. The quantitative estimate of drug-likeness (QED) is 0.385. The fraction of sp³-hybridized carbons (Fsp3) is 0.333. The molecule has 0 aliphatic heterocycles. The summed E-state index contributed by atoms with van der Waals surface area (Å²) in [7, 11) is 0. The first-order valence-electron chi connectivity index (χ1n) is 4.58. The van der Waals surface area contributed by atoms with Crippen LogP contribution in [0, 0.1) is 0 Å². The van der Waals surface area contributed by atoms with Gasteiger partial charge >= 0.3 is 0 Å². The third kappa shape index (κ3) is 2.96. The highest BCUT2D eigenvalue weighted by molar-refractivity contribution is 9.10. The van der Waals surface area contributed by atoms with E-state index in [2.05, 4.69) is 21.1 Å². The molecule has 0 bridgehead atoms. The normalized spacial score (nSPS) is 11.5. The number of carbonyl (C=O) groups excluding carboxylic acids is 1. The van der Waals surface area contributed by atoms with Gasteiger partial charge in [0.25, 0.3) is 5.91 Å². The molecule has 1 heterocycles. The fourth-order valence-corrected chi connectivity index (χ4v) is 2.65. The first kappa shape index (κ1) is 13.0. The Labute approximate surface area is 106 Å². The van der Waals surface area contributed by atoms with Gasteiger partial charge in [-0.15, -0.1) is 11.3 Å². The predicted molar refractivity (Wildman–Crippen MR) is 67.0 cm³/mol. The second kappa shape index (κ2) is 5.86. The van der Waals surface area contributed by atoms with Crippen molar-refractivity contribution in [1.82, 2.24) is 4.90 Å². The Bertz CT molecular complexity index is 405. The lowest BCUT2D eigenvalue weighted by Crippen LogP contribution is -2.38. The van der Waals surface area contributed by atoms with Gasteiger partial charge in [-0.25, -0.2) is 0 Å². The number of likely N-dealkylation sites (N-methyl/N-ethyl adjacent to an activating group) is 1. The number of rotatable bonds is 4. The maximum atomic E-state index is 12.0. The zero-order valence-electron chi connectivity index (χ0n) is 8.68. The highest BCUT2D eigenvalue weighted by Gasteiger charge is 2.18. The Morgan fingerprint density at radius 3 is 2.88 bits per heavy atom. The van der Waals surface area contributed by atoms with Crippen LogP contribution in [0.2, 0.25) is 0 Å². The Hall–Kier alpha value is -1.08. The smallest absolute Gasteiger partial charge is 0.265 e. The average molecular weight is 306 g/mol. The maximum Gasteiger partial charge on any atom is 0.265 e. The third-order valence-electron chi connectivity index (χ3n) is 1.96. The van der Waals surface area contributed by atoms with Gasteiger partial charge in [-0.05, 0) is 34.3 Å². The van der Waals surface area contributed by atoms with Gasteiger partial charge in [0, 0.05) is 11.0 Å². The molecule has 0 aliphatic rings. The molecule has 7 heteroatoms. The summed E-state index contributed by atoms with van der Waals surface area (Å²) in [5, 5.41) is 13.1. The van der Waals surface area contributed by atoms with Crippen molar-refractivity contribution in [3.05, 3.63) is 20.8 Å². The van der Waals surface area contributed by atoms with E-state index < -0.39 is 0 Å². The first-order valence-corrected chi connectivity index (χ1v) is 6.26. The van der Waals surface area contributed by atoms with Gasteiger partial charge in [0.2, 0.25) is 0 Å². The molecule has 0 saturated heterocycles. The van der Waals surface area contributed by atoms with E-state index in [1.807, 2.05) is 18.4 Å². The molecule has 16 heavy (non-hydrogen) atoms. The summed E-state index contributed by atoms with van der Waals surface area (Å²) in [5.41, 5.74) is 5.38. The molecule has 3 N–H and O–H groups in total. The summed E-state index contributed by atoms with van der Waals surface area (Å²) < 4.78 is 0.764. The van der Waals surface area contributed by atoms with Gasteiger partial charge in [0.1, 0.15) is 4.88 Å². The van der Waals surface area contributed by atoms with Gasteiger partial charge in [-0.2, -0.15) is 0 Å². The van der Waals surface area contributed by atoms with Crippen molar-refractivity contribution in [3.63, 3.8) is 0 Å². The summed E-state index contributed by atoms with van der Waals surface area (Å²) in [6.07, 6.45) is 0. The van der Waals surface area contributed by atoms with Gasteiger partial charge < -0.3 is 15.8 Å². The van der Waals surface area contributed by atoms with E-state index in [0.29, 0.717) is 11.4 Å². The summed E-state index contributed by atoms with van der Waals surface area (Å²) in [6.45, 7) is 2.46. The standard InChI is InChI=1S/C9H12BrN3O2S/c1-2-13(5-7(11)12-15)9(14)8-6(10)3-4-16-8/h3-4,15H,2,5H2,1H3,(H2,11,12). The number of amides is 1. The van der Waals surface area contributed by atoms with Crippen molar-refractivity contribution >= 4 is 39.0 Å². The molecule has 0 atom stereocenters. The molecule has 0 radical (unpaired) electrons. The third-order valence-corrected chi connectivity index (χ3v) is 3.79. The van der Waals surface area contributed by atoms with Crippen LogP contribution in [-0.2, 0) is 0 Å². The Morgan fingerprint density at radius 2 is 2.44 bits per heavy atom. The number of amidine groups is 1. The molecule has 1 rings (SSSR count). The number of hydrogen-bond donors (Lipinski definition) is 2. The van der Waals surface area contributed by atoms with Crippen LogP contribution >= 0.6 is 27.3 Å². The number of nitrogens with zero attached hydrogens (tertiary/aromatic N) is 2. The molecule has 1 amide bonds. The molecule has 0 spiro atoms. The lowest BCUT2D eigenvalue weighted by molar-refractivity contribution is 0.0790. The summed E-state index contributed by atoms with van der Waals surface area (Å²) >= 11 is 4.65. The van der Waals surface area contributed by atoms with Crippen molar-refractivity contribution in [2.75, 3.05) is 13.1 Å². The number of oxime groups is 1. The molecule has 1 aromatic rings. The van der Waals surface area contributed by atoms with E-state index in [-0.39, 0.29) is 18.3 Å². The molecule has 0 fully saturated rings. The van der Waals surface area contributed by atoms with Crippen molar-refractivity contribution in [3.8, 4) is 0 Å². The lowest BCUT2D eigenvalue weighted by Gasteiger charge is -2.19. The van der Waals surface area contributed by atoms with Crippen LogP contribution < -0.4 is 5.73 Å². The van der Waals surface area contributed by atoms with Gasteiger partial charge in [-0.3, -0.25) is 4.79 Å². The number of thiophene rings is 1. The molecule has 0 unspecified atom stereocenters. The second-order valence-electron chi connectivity index (χ2n) is 3.01. The van der Waals surface area contributed by atoms with Crippen LogP contribution in [0.3, 0.4) is 0 Å². The van der Waals surface area contributed by atoms with Crippen LogP contribution in [0.1, 0.15) is 16.6 Å². The van der Waals surface area contributed by atoms with Crippen molar-refractivity contribution in [2.45, 2.75) is 6.92 Å². The monoisotopic (exact) mass is 305 g/mol. The molecule has 1 aromatic heterocycles. The summed E-state index contributed by atoms with van der Waals surface area (Å²) in [6, 6.07) is 1.81. The minimum atomic E-state index is -0.129. The Kier molecular flexibility index (Phi) is 4.75. The van der Waals surface area contributed by atoms with Gasteiger partial charge in [0.05, 0.1) is 6.54 Å². The molecular formula is C9H12BrN3O2S. The van der Waals surface area contributed by atoms with Crippen LogP contribution in [0.4, 0.5) is 0 Å². The number of carbonyl (C=O) groups is 1. The minimum absolute atomic E-state index is 0.0166. The lowest BCUT2D eigenvalue weighted by atomic mass is 10.3. The zero-order valence-corrected chi connectivity index (χ0v) is 11.1. The van der Waals surface area contributed by atoms with Crippen LogP contribution in [0.15, 0.2) is 21.1 Å². The molecule has 0 aliphatic carbocycles. The van der Waals surface area contributed by atoms with E-state index in [1.165, 1.54) is 16.2 Å². The van der Waals surface area contributed by atoms with Crippen LogP contribution in [-0.4, -0.2) is 34.9 Å². The molecule has 88 valence electrons. The van der Waals surface area contributed by atoms with E-state index in [4.69, 9.17) is 10.9 Å². The molecule has 0 saturated carbocycles. The van der Waals surface area contributed by atoms with E-state index in [1.54, 1.807) is 0 Å². The summed E-state index contributed by atoms with van der Waals surface area (Å²) in [4.78, 5) is 14.1. The number of hydrogen-bond acceptors (Lipinski definition) is 4. The number of nitrogens with two attached hydrogens (primary N) is 1. The zero-order chi connectivity index (χ0) is 12.1. The second-order valence-corrected chi connectivity index (χ2v) is 4.78. The summed E-state index contributed by atoms with van der Waals surface area (Å²) in [5.74, 6) is -0.112. The largest absolute Gasteiger partial charge is 0.409 e. The van der Waals surface area contributed by atoms with E-state index in [9.17, 15) is 4.79 Å². The first-order chi connectivity index (χ1) is 7.60. The van der Waals surface area contributed by atoms with Gasteiger partial charge in [-0.1, -0.05) is 5.16 Å². The highest BCUT2D eigenvalue weighted by atomic mass is 79.9. The van der Waals surface area contributed by atoms with Crippen LogP contribution in [0.5, 0.6) is 0 Å². The van der Waals surface area contributed by atoms with E-state index in [0.717, 1.165) is 4.47 Å². The van der Waals surface area contributed by atoms with Crippen molar-refractivity contribution < 1.29 is 10.0 Å². The Balaban J connectivity index is 2.82. The molecular weight excluding hydrogens is 294 g/mol. The number of halogens is 1. The van der Waals surface area contributed by atoms with Gasteiger partial charge in [0.15, 0.2) is 5.84 Å². The topological polar surface area (TPSA) is 78.9 Å². The minimum Gasteiger partial charge on any atom is -0.409 e. The predicted octanol–water partition coefficient (Wildman–Crippen LogP) is 1.72. The average Bonchev–Trinajstić information content (AvgIpc) is 2.71. The Morgan fingerprint density at radius 1 is 1.75 bits per heavy atom. The SMILES string of the molecule is CCN(CC(N)=NO)C(=O)c1sccc1Br.